The summed E-state index contributed by atoms with van der Waals surface area (Å²) in [4.78, 5) is 19.6. The van der Waals surface area contributed by atoms with Crippen LogP contribution in [0.2, 0.25) is 20.1 Å². The lowest BCUT2D eigenvalue weighted by atomic mass is 9.84. The van der Waals surface area contributed by atoms with Crippen LogP contribution in [0.1, 0.15) is 42.0 Å². The van der Waals surface area contributed by atoms with Crippen molar-refractivity contribution in [3.05, 3.63) is 140 Å². The normalized spacial score (nSPS) is 18.4. The summed E-state index contributed by atoms with van der Waals surface area (Å²) < 4.78 is 2.32. The predicted molar refractivity (Wildman–Crippen MR) is 159 cm³/mol. The van der Waals surface area contributed by atoms with Gasteiger partial charge in [0.25, 0.3) is 5.56 Å². The SMILES string of the molecule is O=c1/c(=C\c2ccc(Cl)cc2Cl)sc2n1[C@@H](c1ccccc1Cl)C1=C(N=2)/C(=C/c2ccccc2Cl)CCC1. The van der Waals surface area contributed by atoms with Gasteiger partial charge in [0.1, 0.15) is 0 Å². The van der Waals surface area contributed by atoms with E-state index in [1.807, 2.05) is 54.6 Å². The van der Waals surface area contributed by atoms with E-state index in [0.29, 0.717) is 29.4 Å². The fraction of sp³-hybridized carbons (Fsp3) is 0.133. The second-order valence-electron chi connectivity index (χ2n) is 9.19. The van der Waals surface area contributed by atoms with Crippen molar-refractivity contribution in [1.29, 1.82) is 0 Å². The number of hydrogen-bond acceptors (Lipinski definition) is 3. The van der Waals surface area contributed by atoms with Crippen LogP contribution in [0.4, 0.5) is 0 Å². The molecule has 0 saturated heterocycles. The molecular weight excluding hydrogens is 578 g/mol. The molecule has 6 rings (SSSR count). The van der Waals surface area contributed by atoms with Gasteiger partial charge in [0.05, 0.1) is 16.3 Å². The van der Waals surface area contributed by atoms with Gasteiger partial charge in [-0.15, -0.1) is 0 Å². The Morgan fingerprint density at radius 3 is 2.34 bits per heavy atom. The summed E-state index contributed by atoms with van der Waals surface area (Å²) in [5, 5.41) is 2.33. The third-order valence-corrected chi connectivity index (χ3v) is 9.05. The van der Waals surface area contributed by atoms with Gasteiger partial charge in [0.15, 0.2) is 4.80 Å². The molecule has 8 heteroatoms. The molecule has 1 aromatic heterocycles. The number of benzene rings is 3. The van der Waals surface area contributed by atoms with Crippen LogP contribution in [0.5, 0.6) is 0 Å². The Morgan fingerprint density at radius 1 is 0.842 bits per heavy atom. The highest BCUT2D eigenvalue weighted by Gasteiger charge is 2.33. The van der Waals surface area contributed by atoms with E-state index in [1.165, 1.54) is 11.3 Å². The van der Waals surface area contributed by atoms with Crippen LogP contribution in [0.25, 0.3) is 12.2 Å². The van der Waals surface area contributed by atoms with E-state index in [4.69, 9.17) is 51.4 Å². The molecule has 190 valence electrons. The Kier molecular flexibility index (Phi) is 7.10. The number of aromatic nitrogens is 1. The van der Waals surface area contributed by atoms with E-state index in [-0.39, 0.29) is 11.6 Å². The molecule has 2 aliphatic rings. The average molecular weight is 598 g/mol. The molecule has 0 fully saturated rings. The molecule has 2 heterocycles. The van der Waals surface area contributed by atoms with E-state index < -0.39 is 0 Å². The van der Waals surface area contributed by atoms with Crippen LogP contribution >= 0.6 is 57.7 Å². The van der Waals surface area contributed by atoms with Gasteiger partial charge in [-0.2, -0.15) is 0 Å². The second kappa shape index (κ2) is 10.5. The number of hydrogen-bond donors (Lipinski definition) is 0. The van der Waals surface area contributed by atoms with Gasteiger partial charge in [-0.05, 0) is 83.5 Å². The number of rotatable bonds is 3. The van der Waals surface area contributed by atoms with Crippen molar-refractivity contribution < 1.29 is 0 Å². The second-order valence-corrected chi connectivity index (χ2v) is 11.9. The van der Waals surface area contributed by atoms with E-state index in [0.717, 1.165) is 52.8 Å². The minimum Gasteiger partial charge on any atom is -0.272 e. The first-order chi connectivity index (χ1) is 18.4. The number of fused-ring (bicyclic) bond motifs is 1. The van der Waals surface area contributed by atoms with Crippen molar-refractivity contribution in [1.82, 2.24) is 4.57 Å². The van der Waals surface area contributed by atoms with E-state index in [1.54, 1.807) is 22.8 Å². The number of nitrogens with zero attached hydrogens (tertiary/aromatic N) is 2. The van der Waals surface area contributed by atoms with Gasteiger partial charge < -0.3 is 0 Å². The standard InChI is InChI=1S/C30H20Cl4N2OS/c31-20-13-12-18(25(34)16-20)15-26-29(37)36-28(21-8-2-4-11-24(21)33)22-9-5-7-19(27(22)35-30(36)38-26)14-17-6-1-3-10-23(17)32/h1-4,6,8,10-16,28H,5,7,9H2/b19-14+,26-15+/t28-/m0/s1. The van der Waals surface area contributed by atoms with Gasteiger partial charge in [-0.3, -0.25) is 9.36 Å². The fourth-order valence-electron chi connectivity index (χ4n) is 5.07. The molecule has 0 spiro atoms. The molecule has 3 nitrogen and oxygen atoms in total. The molecule has 0 amide bonds. The van der Waals surface area contributed by atoms with Crippen molar-refractivity contribution in [2.45, 2.75) is 25.3 Å². The summed E-state index contributed by atoms with van der Waals surface area (Å²) in [6, 6.07) is 20.4. The smallest absolute Gasteiger partial charge is 0.271 e. The molecule has 1 aliphatic carbocycles. The molecule has 0 unspecified atom stereocenters. The molecular formula is C30H20Cl4N2OS. The van der Waals surface area contributed by atoms with Gasteiger partial charge in [-0.25, -0.2) is 4.99 Å². The quantitative estimate of drug-likeness (QED) is 0.235. The summed E-state index contributed by atoms with van der Waals surface area (Å²) >= 11 is 27.1. The lowest BCUT2D eigenvalue weighted by Crippen LogP contribution is -2.39. The van der Waals surface area contributed by atoms with Gasteiger partial charge in [0.2, 0.25) is 0 Å². The number of halogens is 4. The first-order valence-corrected chi connectivity index (χ1v) is 14.4. The zero-order valence-corrected chi connectivity index (χ0v) is 23.8. The molecule has 3 aromatic carbocycles. The Balaban J connectivity index is 1.61. The van der Waals surface area contributed by atoms with E-state index in [9.17, 15) is 4.79 Å². The molecule has 0 N–H and O–H groups in total. The summed E-state index contributed by atoms with van der Waals surface area (Å²) in [6.45, 7) is 0. The Morgan fingerprint density at radius 2 is 1.58 bits per heavy atom. The zero-order valence-electron chi connectivity index (χ0n) is 19.9. The highest BCUT2D eigenvalue weighted by molar-refractivity contribution is 7.07. The highest BCUT2D eigenvalue weighted by Crippen LogP contribution is 2.42. The van der Waals surface area contributed by atoms with Crippen LogP contribution < -0.4 is 14.9 Å². The van der Waals surface area contributed by atoms with Crippen molar-refractivity contribution in [2.75, 3.05) is 0 Å². The monoisotopic (exact) mass is 596 g/mol. The van der Waals surface area contributed by atoms with Gasteiger partial charge in [-0.1, -0.05) is 100 Å². The highest BCUT2D eigenvalue weighted by atomic mass is 35.5. The third-order valence-electron chi connectivity index (χ3n) is 6.82. The van der Waals surface area contributed by atoms with Crippen molar-refractivity contribution in [2.24, 2.45) is 4.99 Å². The molecule has 0 saturated carbocycles. The van der Waals surface area contributed by atoms with E-state index >= 15 is 0 Å². The molecule has 1 atom stereocenters. The molecule has 0 radical (unpaired) electrons. The van der Waals surface area contributed by atoms with Gasteiger partial charge >= 0.3 is 0 Å². The molecule has 38 heavy (non-hydrogen) atoms. The molecule has 4 aromatic rings. The number of allylic oxidation sites excluding steroid dienone is 2. The van der Waals surface area contributed by atoms with Crippen molar-refractivity contribution in [3.63, 3.8) is 0 Å². The predicted octanol–water partition coefficient (Wildman–Crippen LogP) is 8.10. The Labute approximate surface area is 243 Å². The van der Waals surface area contributed by atoms with Crippen LogP contribution in [0.3, 0.4) is 0 Å². The minimum atomic E-state index is -0.354. The molecule has 1 aliphatic heterocycles. The average Bonchev–Trinajstić information content (AvgIpc) is 3.21. The molecule has 0 bridgehead atoms. The lowest BCUT2D eigenvalue weighted by molar-refractivity contribution is 0.553. The number of thiazole rings is 1. The summed E-state index contributed by atoms with van der Waals surface area (Å²) in [5.74, 6) is 0. The maximum absolute atomic E-state index is 13.9. The maximum Gasteiger partial charge on any atom is 0.271 e. The van der Waals surface area contributed by atoms with Crippen molar-refractivity contribution in [3.8, 4) is 0 Å². The van der Waals surface area contributed by atoms with Crippen LogP contribution in [-0.4, -0.2) is 4.57 Å². The fourth-order valence-corrected chi connectivity index (χ4v) is 6.95. The summed E-state index contributed by atoms with van der Waals surface area (Å²) in [7, 11) is 0. The first-order valence-electron chi connectivity index (χ1n) is 12.1. The van der Waals surface area contributed by atoms with Crippen LogP contribution in [0.15, 0.2) is 93.4 Å². The summed E-state index contributed by atoms with van der Waals surface area (Å²) in [5.41, 5.74) is 5.53. The first kappa shape index (κ1) is 25.7. The van der Waals surface area contributed by atoms with Gasteiger partial charge in [0, 0.05) is 20.1 Å². The lowest BCUT2D eigenvalue weighted by Gasteiger charge is -2.31. The minimum absolute atomic E-state index is 0.126. The van der Waals surface area contributed by atoms with E-state index in [2.05, 4.69) is 6.08 Å². The third kappa shape index (κ3) is 4.70. The topological polar surface area (TPSA) is 34.4 Å². The van der Waals surface area contributed by atoms with Crippen LogP contribution in [0, 0.1) is 0 Å². The summed E-state index contributed by atoms with van der Waals surface area (Å²) in [6.07, 6.45) is 6.55. The largest absolute Gasteiger partial charge is 0.272 e. The van der Waals surface area contributed by atoms with Crippen LogP contribution in [-0.2, 0) is 0 Å². The zero-order chi connectivity index (χ0) is 26.4. The maximum atomic E-state index is 13.9. The van der Waals surface area contributed by atoms with Crippen molar-refractivity contribution >= 4 is 69.9 Å². The Hall–Kier alpha value is -2.60. The Bertz CT molecular complexity index is 1830.